The molecule has 1 aromatic rings. The highest BCUT2D eigenvalue weighted by atomic mass is 79.9. The highest BCUT2D eigenvalue weighted by Gasteiger charge is 1.97. The fraction of sp³-hybridized carbons (Fsp3) is 0.400. The van der Waals surface area contributed by atoms with Crippen LogP contribution in [0.3, 0.4) is 0 Å². The molecule has 1 aromatic heterocycles. The van der Waals surface area contributed by atoms with E-state index >= 15 is 0 Å². The summed E-state index contributed by atoms with van der Waals surface area (Å²) in [6.07, 6.45) is 1.92. The van der Waals surface area contributed by atoms with Gasteiger partial charge in [-0.15, -0.1) is 6.58 Å². The number of hydrogen-bond donors (Lipinski definition) is 1. The van der Waals surface area contributed by atoms with Crippen molar-refractivity contribution in [1.82, 2.24) is 5.32 Å². The van der Waals surface area contributed by atoms with Crippen LogP contribution >= 0.6 is 27.7 Å². The molecule has 0 spiro atoms. The van der Waals surface area contributed by atoms with Crippen LogP contribution in [-0.2, 0) is 6.54 Å². The van der Waals surface area contributed by atoms with E-state index in [0.29, 0.717) is 0 Å². The van der Waals surface area contributed by atoms with Gasteiger partial charge in [-0.2, -0.15) is 11.8 Å². The van der Waals surface area contributed by atoms with E-state index in [1.165, 1.54) is 0 Å². The molecular formula is C10H14BrNOS. The second kappa shape index (κ2) is 7.15. The van der Waals surface area contributed by atoms with Crippen LogP contribution in [0, 0.1) is 0 Å². The highest BCUT2D eigenvalue weighted by Crippen LogP contribution is 2.13. The van der Waals surface area contributed by atoms with Crippen LogP contribution in [0.1, 0.15) is 5.76 Å². The zero-order valence-corrected chi connectivity index (χ0v) is 10.4. The van der Waals surface area contributed by atoms with Gasteiger partial charge in [-0.05, 0) is 28.1 Å². The first-order valence-corrected chi connectivity index (χ1v) is 6.41. The van der Waals surface area contributed by atoms with Crippen molar-refractivity contribution in [2.24, 2.45) is 0 Å². The first kappa shape index (κ1) is 11.9. The lowest BCUT2D eigenvalue weighted by molar-refractivity contribution is 0.469. The molecule has 0 amide bonds. The molecule has 0 unspecified atom stereocenters. The van der Waals surface area contributed by atoms with Crippen LogP contribution < -0.4 is 5.32 Å². The van der Waals surface area contributed by atoms with Crippen molar-refractivity contribution in [3.63, 3.8) is 0 Å². The molecule has 1 heterocycles. The minimum absolute atomic E-state index is 0.787. The van der Waals surface area contributed by atoms with Crippen molar-refractivity contribution >= 4 is 27.7 Å². The van der Waals surface area contributed by atoms with E-state index in [9.17, 15) is 0 Å². The summed E-state index contributed by atoms with van der Waals surface area (Å²) in [5, 5.41) is 3.30. The Hall–Kier alpha value is -0.190. The molecule has 0 bridgehead atoms. The number of furan rings is 1. The third kappa shape index (κ3) is 4.88. The Bertz CT molecular complexity index is 275. The lowest BCUT2D eigenvalue weighted by atomic mass is 10.4. The second-order valence-corrected chi connectivity index (χ2v) is 4.68. The standard InChI is InChI=1S/C10H14BrNOS/c1-2-6-14-7-5-12-8-9-3-4-10(11)13-9/h2-4,12H,1,5-8H2. The SMILES string of the molecule is C=CCSCCNCc1ccc(Br)o1. The summed E-state index contributed by atoms with van der Waals surface area (Å²) in [5.74, 6) is 3.09. The normalized spacial score (nSPS) is 10.4. The molecule has 0 saturated heterocycles. The minimum Gasteiger partial charge on any atom is -0.453 e. The van der Waals surface area contributed by atoms with Crippen LogP contribution in [0.5, 0.6) is 0 Å². The fourth-order valence-electron chi connectivity index (χ4n) is 0.969. The smallest absolute Gasteiger partial charge is 0.169 e. The summed E-state index contributed by atoms with van der Waals surface area (Å²) in [4.78, 5) is 0. The average molecular weight is 276 g/mol. The van der Waals surface area contributed by atoms with Crippen molar-refractivity contribution in [3.8, 4) is 0 Å². The Morgan fingerprint density at radius 2 is 2.43 bits per heavy atom. The van der Waals surface area contributed by atoms with Crippen LogP contribution in [0.2, 0.25) is 0 Å². The molecular weight excluding hydrogens is 262 g/mol. The molecule has 0 aromatic carbocycles. The van der Waals surface area contributed by atoms with Gasteiger partial charge in [0.1, 0.15) is 5.76 Å². The van der Waals surface area contributed by atoms with E-state index in [1.54, 1.807) is 0 Å². The van der Waals surface area contributed by atoms with E-state index in [4.69, 9.17) is 4.42 Å². The fourth-order valence-corrected chi connectivity index (χ4v) is 1.93. The van der Waals surface area contributed by atoms with Crippen molar-refractivity contribution in [2.75, 3.05) is 18.1 Å². The van der Waals surface area contributed by atoms with Gasteiger partial charge in [0.15, 0.2) is 4.67 Å². The first-order valence-electron chi connectivity index (χ1n) is 4.46. The molecule has 2 nitrogen and oxygen atoms in total. The van der Waals surface area contributed by atoms with Gasteiger partial charge in [-0.3, -0.25) is 0 Å². The van der Waals surface area contributed by atoms with Crippen molar-refractivity contribution < 1.29 is 4.42 Å². The largest absolute Gasteiger partial charge is 0.453 e. The molecule has 78 valence electrons. The molecule has 4 heteroatoms. The number of hydrogen-bond acceptors (Lipinski definition) is 3. The number of nitrogens with one attached hydrogen (secondary N) is 1. The van der Waals surface area contributed by atoms with E-state index in [2.05, 4.69) is 27.8 Å². The van der Waals surface area contributed by atoms with Crippen LogP contribution in [-0.4, -0.2) is 18.1 Å². The lowest BCUT2D eigenvalue weighted by Crippen LogP contribution is -2.16. The summed E-state index contributed by atoms with van der Waals surface area (Å²) >= 11 is 5.14. The molecule has 0 atom stereocenters. The van der Waals surface area contributed by atoms with Crippen molar-refractivity contribution in [3.05, 3.63) is 35.2 Å². The Kier molecular flexibility index (Phi) is 6.07. The molecule has 0 radical (unpaired) electrons. The molecule has 1 rings (SSSR count). The number of thioether (sulfide) groups is 1. The molecule has 0 saturated carbocycles. The van der Waals surface area contributed by atoms with Gasteiger partial charge in [0.05, 0.1) is 6.54 Å². The maximum atomic E-state index is 5.34. The predicted octanol–water partition coefficient (Wildman–Crippen LogP) is 3.05. The van der Waals surface area contributed by atoms with Gasteiger partial charge in [0.25, 0.3) is 0 Å². The molecule has 0 aliphatic rings. The second-order valence-electron chi connectivity index (χ2n) is 2.75. The summed E-state index contributed by atoms with van der Waals surface area (Å²) in [6.45, 7) is 5.46. The van der Waals surface area contributed by atoms with Crippen molar-refractivity contribution in [2.45, 2.75) is 6.54 Å². The molecule has 0 fully saturated rings. The first-order chi connectivity index (χ1) is 6.83. The topological polar surface area (TPSA) is 25.2 Å². The van der Waals surface area contributed by atoms with Gasteiger partial charge in [0, 0.05) is 18.1 Å². The lowest BCUT2D eigenvalue weighted by Gasteiger charge is -2.00. The van der Waals surface area contributed by atoms with Crippen molar-refractivity contribution in [1.29, 1.82) is 0 Å². The monoisotopic (exact) mass is 275 g/mol. The maximum Gasteiger partial charge on any atom is 0.169 e. The summed E-state index contributed by atoms with van der Waals surface area (Å²) in [6, 6.07) is 3.87. The van der Waals surface area contributed by atoms with Crippen LogP contribution in [0.15, 0.2) is 33.9 Å². The molecule has 14 heavy (non-hydrogen) atoms. The number of halogens is 1. The van der Waals surface area contributed by atoms with Crippen LogP contribution in [0.25, 0.3) is 0 Å². The van der Waals surface area contributed by atoms with Gasteiger partial charge in [-0.1, -0.05) is 6.08 Å². The highest BCUT2D eigenvalue weighted by molar-refractivity contribution is 9.10. The minimum atomic E-state index is 0.787. The van der Waals surface area contributed by atoms with Gasteiger partial charge < -0.3 is 9.73 Å². The summed E-state index contributed by atoms with van der Waals surface area (Å²) in [7, 11) is 0. The van der Waals surface area contributed by atoms with Gasteiger partial charge in [0.2, 0.25) is 0 Å². The Morgan fingerprint density at radius 1 is 1.57 bits per heavy atom. The third-order valence-corrected chi connectivity index (χ3v) is 2.98. The van der Waals surface area contributed by atoms with E-state index in [-0.39, 0.29) is 0 Å². The van der Waals surface area contributed by atoms with Gasteiger partial charge >= 0.3 is 0 Å². The Morgan fingerprint density at radius 3 is 3.07 bits per heavy atom. The molecule has 0 aliphatic carbocycles. The predicted molar refractivity (Wildman–Crippen MR) is 65.6 cm³/mol. The number of rotatable bonds is 7. The Balaban J connectivity index is 2.01. The van der Waals surface area contributed by atoms with Crippen LogP contribution in [0.4, 0.5) is 0 Å². The third-order valence-electron chi connectivity index (χ3n) is 1.59. The zero-order chi connectivity index (χ0) is 10.2. The average Bonchev–Trinajstić information content (AvgIpc) is 2.58. The zero-order valence-electron chi connectivity index (χ0n) is 7.96. The van der Waals surface area contributed by atoms with E-state index < -0.39 is 0 Å². The maximum absolute atomic E-state index is 5.34. The van der Waals surface area contributed by atoms with E-state index in [1.807, 2.05) is 30.0 Å². The molecule has 0 aliphatic heterocycles. The van der Waals surface area contributed by atoms with Gasteiger partial charge in [-0.25, -0.2) is 0 Å². The summed E-state index contributed by atoms with van der Waals surface area (Å²) in [5.41, 5.74) is 0. The van der Waals surface area contributed by atoms with E-state index in [0.717, 1.165) is 35.0 Å². The quantitative estimate of drug-likeness (QED) is 0.612. The Labute approximate surface area is 97.3 Å². The summed E-state index contributed by atoms with van der Waals surface area (Å²) < 4.78 is 6.13. The molecule has 1 N–H and O–H groups in total.